The molecule has 0 atom stereocenters. The Morgan fingerprint density at radius 3 is 2.74 bits per heavy atom. The number of ether oxygens (including phenoxy) is 1. The van der Waals surface area contributed by atoms with Crippen molar-refractivity contribution in [3.8, 4) is 0 Å². The van der Waals surface area contributed by atoms with Crippen molar-refractivity contribution >= 4 is 11.6 Å². The van der Waals surface area contributed by atoms with E-state index in [4.69, 9.17) is 10.5 Å². The first kappa shape index (κ1) is 15.5. The minimum absolute atomic E-state index is 0.0235. The maximum absolute atomic E-state index is 12.0. The number of anilines is 1. The van der Waals surface area contributed by atoms with Crippen LogP contribution in [0.3, 0.4) is 0 Å². The van der Waals surface area contributed by atoms with Gasteiger partial charge in [0.05, 0.1) is 11.4 Å². The summed E-state index contributed by atoms with van der Waals surface area (Å²) < 4.78 is 5.06. The van der Waals surface area contributed by atoms with Gasteiger partial charge in [0.15, 0.2) is 5.69 Å². The largest absolute Gasteiger partial charge is 0.395 e. The second-order valence-corrected chi connectivity index (χ2v) is 5.41. The number of aromatic amines is 1. The van der Waals surface area contributed by atoms with Gasteiger partial charge in [-0.05, 0) is 18.3 Å². The number of aryl methyl sites for hydroxylation is 1. The average Bonchev–Trinajstić information content (AvgIpc) is 2.75. The van der Waals surface area contributed by atoms with Gasteiger partial charge in [0.1, 0.15) is 0 Å². The van der Waals surface area contributed by atoms with E-state index < -0.39 is 0 Å². The molecule has 0 aliphatic carbocycles. The molecule has 19 heavy (non-hydrogen) atoms. The molecule has 0 unspecified atom stereocenters. The Bertz CT molecular complexity index is 426. The third kappa shape index (κ3) is 4.24. The van der Waals surface area contributed by atoms with Crippen LogP contribution in [0.15, 0.2) is 0 Å². The number of nitrogens with zero attached hydrogens (tertiary/aromatic N) is 1. The van der Waals surface area contributed by atoms with E-state index in [-0.39, 0.29) is 17.0 Å². The first-order chi connectivity index (χ1) is 8.91. The third-order valence-electron chi connectivity index (χ3n) is 3.16. The third-order valence-corrected chi connectivity index (χ3v) is 3.16. The van der Waals surface area contributed by atoms with Gasteiger partial charge in [0.2, 0.25) is 0 Å². The first-order valence-electron chi connectivity index (χ1n) is 6.51. The number of nitrogens with two attached hydrogens (primary N) is 1. The van der Waals surface area contributed by atoms with Gasteiger partial charge < -0.3 is 15.8 Å². The number of carbonyl (C=O) groups is 1. The molecular weight excluding hydrogens is 244 g/mol. The molecule has 108 valence electrons. The van der Waals surface area contributed by atoms with E-state index in [0.717, 1.165) is 18.5 Å². The number of hydrogen-bond donors (Lipinski definition) is 3. The van der Waals surface area contributed by atoms with Gasteiger partial charge in [-0.3, -0.25) is 9.89 Å². The molecule has 0 saturated carbocycles. The zero-order valence-electron chi connectivity index (χ0n) is 12.2. The quantitative estimate of drug-likeness (QED) is 0.696. The van der Waals surface area contributed by atoms with Crippen molar-refractivity contribution in [2.75, 3.05) is 26.0 Å². The Morgan fingerprint density at radius 1 is 1.53 bits per heavy atom. The van der Waals surface area contributed by atoms with E-state index in [2.05, 4.69) is 29.4 Å². The number of nitrogen functional groups attached to an aromatic ring is 1. The number of nitrogens with one attached hydrogen (secondary N) is 2. The maximum atomic E-state index is 12.0. The summed E-state index contributed by atoms with van der Waals surface area (Å²) in [5.41, 5.74) is 7.35. The Labute approximate surface area is 114 Å². The smallest absolute Gasteiger partial charge is 0.273 e. The zero-order chi connectivity index (χ0) is 14.5. The fourth-order valence-corrected chi connectivity index (χ4v) is 1.70. The number of methoxy groups -OCH3 is 1. The standard InChI is InChI=1S/C13H24N4O2/c1-5-9-10(14)11(17-16-9)12(18)15-8-13(2,3)6-7-19-4/h5-8,14H2,1-4H3,(H,15,18)(H,16,17). The number of aromatic nitrogens is 2. The molecule has 1 rings (SSSR count). The second kappa shape index (κ2) is 6.56. The fraction of sp³-hybridized carbons (Fsp3) is 0.692. The molecule has 0 aromatic carbocycles. The molecule has 1 aromatic heterocycles. The summed E-state index contributed by atoms with van der Waals surface area (Å²) in [7, 11) is 1.67. The van der Waals surface area contributed by atoms with E-state index in [1.165, 1.54) is 0 Å². The minimum Gasteiger partial charge on any atom is -0.395 e. The number of carbonyl (C=O) groups excluding carboxylic acids is 1. The summed E-state index contributed by atoms with van der Waals surface area (Å²) in [6, 6.07) is 0. The summed E-state index contributed by atoms with van der Waals surface area (Å²) >= 11 is 0. The molecule has 6 nitrogen and oxygen atoms in total. The number of amides is 1. The summed E-state index contributed by atoms with van der Waals surface area (Å²) in [6.45, 7) is 7.35. The van der Waals surface area contributed by atoms with Crippen molar-refractivity contribution in [3.05, 3.63) is 11.4 Å². The monoisotopic (exact) mass is 268 g/mol. The van der Waals surface area contributed by atoms with Crippen LogP contribution in [0.25, 0.3) is 0 Å². The predicted molar refractivity (Wildman–Crippen MR) is 75.0 cm³/mol. The average molecular weight is 268 g/mol. The number of H-pyrrole nitrogens is 1. The molecule has 1 heterocycles. The Kier molecular flexibility index (Phi) is 5.35. The van der Waals surface area contributed by atoms with E-state index in [1.807, 2.05) is 6.92 Å². The molecule has 1 aromatic rings. The van der Waals surface area contributed by atoms with Crippen molar-refractivity contribution in [2.45, 2.75) is 33.6 Å². The van der Waals surface area contributed by atoms with Crippen LogP contribution in [0.5, 0.6) is 0 Å². The van der Waals surface area contributed by atoms with Crippen molar-refractivity contribution < 1.29 is 9.53 Å². The summed E-state index contributed by atoms with van der Waals surface area (Å²) in [5.74, 6) is -0.237. The van der Waals surface area contributed by atoms with Crippen molar-refractivity contribution in [2.24, 2.45) is 5.41 Å². The van der Waals surface area contributed by atoms with Crippen LogP contribution in [0, 0.1) is 5.41 Å². The highest BCUT2D eigenvalue weighted by Gasteiger charge is 2.21. The minimum atomic E-state index is -0.237. The molecule has 1 amide bonds. The molecule has 0 aliphatic rings. The lowest BCUT2D eigenvalue weighted by molar-refractivity contribution is 0.0917. The van der Waals surface area contributed by atoms with E-state index >= 15 is 0 Å². The molecule has 0 saturated heterocycles. The lowest BCUT2D eigenvalue weighted by Crippen LogP contribution is -2.35. The molecule has 4 N–H and O–H groups in total. The lowest BCUT2D eigenvalue weighted by atomic mass is 9.89. The Balaban J connectivity index is 2.57. The van der Waals surface area contributed by atoms with Crippen LogP contribution in [0.1, 0.15) is 43.4 Å². The molecule has 0 radical (unpaired) electrons. The highest BCUT2D eigenvalue weighted by atomic mass is 16.5. The van der Waals surface area contributed by atoms with Crippen LogP contribution in [0.4, 0.5) is 5.69 Å². The molecular formula is C13H24N4O2. The van der Waals surface area contributed by atoms with Crippen LogP contribution in [-0.4, -0.2) is 36.4 Å². The van der Waals surface area contributed by atoms with Gasteiger partial charge in [-0.2, -0.15) is 5.10 Å². The summed E-state index contributed by atoms with van der Waals surface area (Å²) in [6.07, 6.45) is 1.60. The summed E-state index contributed by atoms with van der Waals surface area (Å²) in [5, 5.41) is 9.61. The lowest BCUT2D eigenvalue weighted by Gasteiger charge is -2.24. The number of hydrogen-bond acceptors (Lipinski definition) is 4. The van der Waals surface area contributed by atoms with Crippen molar-refractivity contribution in [1.82, 2.24) is 15.5 Å². The molecule has 0 aliphatic heterocycles. The zero-order valence-corrected chi connectivity index (χ0v) is 12.2. The normalized spacial score (nSPS) is 11.6. The highest BCUT2D eigenvalue weighted by molar-refractivity contribution is 5.97. The molecule has 0 fully saturated rings. The van der Waals surface area contributed by atoms with Gasteiger partial charge >= 0.3 is 0 Å². The van der Waals surface area contributed by atoms with Crippen LogP contribution < -0.4 is 11.1 Å². The van der Waals surface area contributed by atoms with Gasteiger partial charge in [-0.15, -0.1) is 0 Å². The maximum Gasteiger partial charge on any atom is 0.273 e. The van der Waals surface area contributed by atoms with Gasteiger partial charge in [-0.25, -0.2) is 0 Å². The topological polar surface area (TPSA) is 93.0 Å². The predicted octanol–water partition coefficient (Wildman–Crippen LogP) is 1.35. The van der Waals surface area contributed by atoms with Crippen LogP contribution in [-0.2, 0) is 11.2 Å². The van der Waals surface area contributed by atoms with Gasteiger partial charge in [0, 0.05) is 20.3 Å². The molecule has 0 spiro atoms. The highest BCUT2D eigenvalue weighted by Crippen LogP contribution is 2.19. The molecule has 6 heteroatoms. The summed E-state index contributed by atoms with van der Waals surface area (Å²) in [4.78, 5) is 12.0. The number of rotatable bonds is 7. The van der Waals surface area contributed by atoms with Crippen molar-refractivity contribution in [1.29, 1.82) is 0 Å². The first-order valence-corrected chi connectivity index (χ1v) is 6.51. The Hall–Kier alpha value is -1.56. The fourth-order valence-electron chi connectivity index (χ4n) is 1.70. The SMILES string of the molecule is CCc1[nH]nc(C(=O)NCC(C)(C)CCOC)c1N. The van der Waals surface area contributed by atoms with Gasteiger partial charge in [-0.1, -0.05) is 20.8 Å². The molecule has 0 bridgehead atoms. The van der Waals surface area contributed by atoms with Gasteiger partial charge in [0.25, 0.3) is 5.91 Å². The van der Waals surface area contributed by atoms with E-state index in [9.17, 15) is 4.79 Å². The van der Waals surface area contributed by atoms with E-state index in [0.29, 0.717) is 18.8 Å². The van der Waals surface area contributed by atoms with Crippen LogP contribution >= 0.6 is 0 Å². The Morgan fingerprint density at radius 2 is 2.21 bits per heavy atom. The van der Waals surface area contributed by atoms with Crippen molar-refractivity contribution in [3.63, 3.8) is 0 Å². The van der Waals surface area contributed by atoms with E-state index in [1.54, 1.807) is 7.11 Å². The van der Waals surface area contributed by atoms with Crippen LogP contribution in [0.2, 0.25) is 0 Å². The second-order valence-electron chi connectivity index (χ2n) is 5.41.